The Kier molecular flexibility index (Phi) is 10.4. The van der Waals surface area contributed by atoms with Crippen molar-refractivity contribution >= 4 is 78.3 Å². The molecule has 3 heterocycles. The normalized spacial score (nSPS) is 24.5. The summed E-state index contributed by atoms with van der Waals surface area (Å²) in [6.07, 6.45) is -2.36. The number of nitrogens with zero attached hydrogens (tertiary/aromatic N) is 3. The molecule has 23 heteroatoms. The third-order valence-corrected chi connectivity index (χ3v) is 7.59. The van der Waals surface area contributed by atoms with Gasteiger partial charge in [-0.1, -0.05) is 0 Å². The summed E-state index contributed by atoms with van der Waals surface area (Å²) in [5.74, 6) is -0.193. The zero-order valence-corrected chi connectivity index (χ0v) is 19.7. The Balaban J connectivity index is 0.00000272. The second-order valence-electron chi connectivity index (χ2n) is 6.09. The molecule has 2 radical (unpaired) electrons. The molecule has 2 unspecified atom stereocenters. The van der Waals surface area contributed by atoms with E-state index in [2.05, 4.69) is 28.1 Å². The third-order valence-electron chi connectivity index (χ3n) is 3.78. The van der Waals surface area contributed by atoms with Gasteiger partial charge in [-0.3, -0.25) is 18.9 Å². The van der Waals surface area contributed by atoms with Crippen molar-refractivity contribution in [3.8, 4) is 0 Å². The fourth-order valence-electron chi connectivity index (χ4n) is 2.66. The first-order valence-electron chi connectivity index (χ1n) is 8.00. The molecule has 2 aromatic rings. The van der Waals surface area contributed by atoms with E-state index in [1.807, 2.05) is 0 Å². The van der Waals surface area contributed by atoms with Crippen molar-refractivity contribution in [1.29, 1.82) is 0 Å². The van der Waals surface area contributed by atoms with Crippen LogP contribution in [0.5, 0.6) is 0 Å². The number of hydrogen-bond acceptors (Lipinski definition) is 12. The number of nitrogens with two attached hydrogens (primary N) is 1. The van der Waals surface area contributed by atoms with E-state index < -0.39 is 54.1 Å². The van der Waals surface area contributed by atoms with Crippen molar-refractivity contribution in [2.75, 3.05) is 12.3 Å². The summed E-state index contributed by atoms with van der Waals surface area (Å²) in [5.41, 5.74) is 4.89. The van der Waals surface area contributed by atoms with Gasteiger partial charge in [0, 0.05) is 44.1 Å². The number of aromatic nitrogens is 4. The second-order valence-corrected chi connectivity index (χ2v) is 10.5. The molecule has 0 bridgehead atoms. The largest absolute Gasteiger partial charge is 0.490 e. The minimum atomic E-state index is -5.67. The number of ether oxygens (including phenoxy) is 1. The molecular formula is C10H16Li2N5O13P3. The number of aliphatic hydroxyl groups is 1. The Labute approximate surface area is 207 Å². The van der Waals surface area contributed by atoms with Crippen LogP contribution < -0.4 is 11.3 Å². The molecule has 0 saturated carbocycles. The van der Waals surface area contributed by atoms with Gasteiger partial charge in [0.1, 0.15) is 12.3 Å². The first kappa shape index (κ1) is 30.7. The zero-order chi connectivity index (χ0) is 23.2. The van der Waals surface area contributed by atoms with Gasteiger partial charge in [-0.2, -0.15) is 13.6 Å². The summed E-state index contributed by atoms with van der Waals surface area (Å²) in [6.45, 7) is -0.843. The average Bonchev–Trinajstić information content (AvgIpc) is 3.13. The predicted molar refractivity (Wildman–Crippen MR) is 108 cm³/mol. The Morgan fingerprint density at radius 2 is 1.82 bits per heavy atom. The Morgan fingerprint density at radius 1 is 1.18 bits per heavy atom. The molecule has 33 heavy (non-hydrogen) atoms. The predicted octanol–water partition coefficient (Wildman–Crippen LogP) is -2.07. The molecule has 0 aliphatic carbocycles. The van der Waals surface area contributed by atoms with Crippen LogP contribution in [0.2, 0.25) is 0 Å². The van der Waals surface area contributed by atoms with Crippen LogP contribution in [0, 0.1) is 0 Å². The van der Waals surface area contributed by atoms with E-state index in [1.165, 1.54) is 10.9 Å². The van der Waals surface area contributed by atoms with E-state index in [4.69, 9.17) is 25.2 Å². The fourth-order valence-corrected chi connectivity index (χ4v) is 5.69. The molecule has 1 saturated heterocycles. The molecule has 2 aromatic heterocycles. The number of imidazole rings is 1. The number of aromatic amines is 1. The summed E-state index contributed by atoms with van der Waals surface area (Å²) in [6, 6.07) is 0. The molecule has 1 fully saturated rings. The zero-order valence-electron chi connectivity index (χ0n) is 17.0. The number of rotatable bonds is 8. The van der Waals surface area contributed by atoms with Crippen LogP contribution >= 0.6 is 23.5 Å². The number of H-pyrrole nitrogens is 1. The van der Waals surface area contributed by atoms with Crippen LogP contribution in [0.15, 0.2) is 11.1 Å². The smallest absolute Gasteiger partial charge is 0.390 e. The standard InChI is InChI=1S/C10H16N5O13P3.2Li/c11-10-13-8-7(9(17)14-10)12-3-15(8)6-1-4(16)5(26-6)2-25-30(21,22)28-31(23,24)27-29(18,19)20;;/h3-6,16H,1-2H2,(H,21,22)(H,23,24)(H2,18,19,20)(H3,11,13,14,17);;/t4-,5+,6+;;/m0../s1. The van der Waals surface area contributed by atoms with E-state index in [1.54, 1.807) is 0 Å². The first-order valence-corrected chi connectivity index (χ1v) is 12.5. The number of nitrogen functional groups attached to an aromatic ring is 1. The summed E-state index contributed by atoms with van der Waals surface area (Å²) in [5, 5.41) is 10.1. The van der Waals surface area contributed by atoms with Crippen molar-refractivity contribution in [2.45, 2.75) is 24.9 Å². The molecule has 0 aromatic carbocycles. The molecule has 1 aliphatic heterocycles. The van der Waals surface area contributed by atoms with Crippen molar-refractivity contribution in [3.05, 3.63) is 16.7 Å². The molecule has 8 N–H and O–H groups in total. The van der Waals surface area contributed by atoms with Gasteiger partial charge in [0.25, 0.3) is 5.56 Å². The van der Waals surface area contributed by atoms with E-state index in [0.717, 1.165) is 0 Å². The van der Waals surface area contributed by atoms with E-state index in [0.29, 0.717) is 0 Å². The third kappa shape index (κ3) is 8.10. The van der Waals surface area contributed by atoms with Gasteiger partial charge in [-0.05, 0) is 0 Å². The van der Waals surface area contributed by atoms with E-state index in [-0.39, 0.29) is 61.3 Å². The summed E-state index contributed by atoms with van der Waals surface area (Å²) in [7, 11) is -16.6. The van der Waals surface area contributed by atoms with Gasteiger partial charge < -0.3 is 35.2 Å². The molecule has 0 spiro atoms. The van der Waals surface area contributed by atoms with Crippen LogP contribution in [0.1, 0.15) is 12.6 Å². The monoisotopic (exact) mass is 521 g/mol. The van der Waals surface area contributed by atoms with E-state index in [9.17, 15) is 28.5 Å². The van der Waals surface area contributed by atoms with Crippen molar-refractivity contribution in [2.24, 2.45) is 0 Å². The summed E-state index contributed by atoms with van der Waals surface area (Å²) < 4.78 is 52.1. The maximum absolute atomic E-state index is 11.8. The molecule has 3 rings (SSSR count). The van der Waals surface area contributed by atoms with E-state index >= 15 is 0 Å². The molecule has 1 aliphatic rings. The van der Waals surface area contributed by atoms with Crippen molar-refractivity contribution in [3.63, 3.8) is 0 Å². The second kappa shape index (κ2) is 11.2. The number of fused-ring (bicyclic) bond motifs is 1. The van der Waals surface area contributed by atoms with Crippen molar-refractivity contribution in [1.82, 2.24) is 19.5 Å². The van der Waals surface area contributed by atoms with Gasteiger partial charge in [-0.15, -0.1) is 0 Å². The number of phosphoric ester groups is 1. The van der Waals surface area contributed by atoms with Gasteiger partial charge in [0.2, 0.25) is 5.95 Å². The van der Waals surface area contributed by atoms with Crippen LogP contribution in [0.25, 0.3) is 11.2 Å². The Bertz CT molecular complexity index is 1190. The average molecular weight is 521 g/mol. The maximum atomic E-state index is 11.8. The molecule has 0 amide bonds. The van der Waals surface area contributed by atoms with Gasteiger partial charge in [0.05, 0.1) is 19.0 Å². The summed E-state index contributed by atoms with van der Waals surface area (Å²) >= 11 is 0. The van der Waals surface area contributed by atoms with Crippen molar-refractivity contribution < 1.29 is 56.3 Å². The van der Waals surface area contributed by atoms with Crippen LogP contribution in [0.3, 0.4) is 0 Å². The SMILES string of the molecule is Nc1nc2c(ncn2[C@H]2C[C@H](O)[C@@H](COP(=O)(O)OP(=O)(O)OP(=O)(O)O)O2)c(=O)[nH]1.[Li].[Li]. The maximum Gasteiger partial charge on any atom is 0.490 e. The first-order chi connectivity index (χ1) is 14.2. The van der Waals surface area contributed by atoms with Gasteiger partial charge in [-0.25, -0.2) is 18.7 Å². The molecular weight excluding hydrogens is 505 g/mol. The summed E-state index contributed by atoms with van der Waals surface area (Å²) in [4.78, 5) is 57.5. The van der Waals surface area contributed by atoms with Crippen LogP contribution in [-0.2, 0) is 31.6 Å². The van der Waals surface area contributed by atoms with Crippen LogP contribution in [-0.4, -0.2) is 101 Å². The fraction of sp³-hybridized carbons (Fsp3) is 0.500. The number of aliphatic hydroxyl groups excluding tert-OH is 1. The Hall–Kier alpha value is -0.325. The minimum Gasteiger partial charge on any atom is -0.390 e. The van der Waals surface area contributed by atoms with Gasteiger partial charge in [0.15, 0.2) is 11.2 Å². The number of phosphoric acid groups is 3. The van der Waals surface area contributed by atoms with Gasteiger partial charge >= 0.3 is 23.5 Å². The number of hydrogen-bond donors (Lipinski definition) is 7. The van der Waals surface area contributed by atoms with Crippen LogP contribution in [0.4, 0.5) is 5.95 Å². The number of anilines is 1. The number of nitrogens with one attached hydrogen (secondary N) is 1. The topological polar surface area (TPSA) is 279 Å². The molecule has 176 valence electrons. The quantitative estimate of drug-likeness (QED) is 0.145. The molecule has 18 nitrogen and oxygen atoms in total. The minimum absolute atomic E-state index is 0. The Morgan fingerprint density at radius 3 is 2.42 bits per heavy atom. The molecule has 5 atom stereocenters.